The van der Waals surface area contributed by atoms with Gasteiger partial charge in [-0.1, -0.05) is 23.7 Å². The van der Waals surface area contributed by atoms with E-state index in [0.29, 0.717) is 10.6 Å². The number of nitrogens with one attached hydrogen (secondary N) is 1. The number of halogens is 2. The summed E-state index contributed by atoms with van der Waals surface area (Å²) in [6.45, 7) is 0. The number of nitrogens with zero attached hydrogens (tertiary/aromatic N) is 1. The number of hydrogen-bond donors (Lipinski definition) is 1. The first-order chi connectivity index (χ1) is 10.4. The molecule has 0 aliphatic carbocycles. The van der Waals surface area contributed by atoms with Gasteiger partial charge in [-0.15, -0.1) is 0 Å². The normalized spacial score (nSPS) is 11.8. The molecule has 2 aromatic carbocycles. The lowest BCUT2D eigenvalue weighted by Gasteiger charge is -2.07. The molecule has 112 valence electrons. The van der Waals surface area contributed by atoms with Crippen LogP contribution in [0.25, 0.3) is 6.08 Å². The summed E-state index contributed by atoms with van der Waals surface area (Å²) in [6.07, 6.45) is 1.22. The van der Waals surface area contributed by atoms with Gasteiger partial charge in [0.2, 0.25) is 0 Å². The highest BCUT2D eigenvalue weighted by Gasteiger charge is 2.17. The van der Waals surface area contributed by atoms with E-state index >= 15 is 0 Å². The summed E-state index contributed by atoms with van der Waals surface area (Å²) in [4.78, 5) is -0.459. The average Bonchev–Trinajstić information content (AvgIpc) is 2.48. The van der Waals surface area contributed by atoms with E-state index in [2.05, 4.69) is 4.72 Å². The molecular weight excluding hydrogens is 327 g/mol. The lowest BCUT2D eigenvalue weighted by Crippen LogP contribution is -2.14. The molecular formula is C15H10ClFN2O2S. The molecule has 1 N–H and O–H groups in total. The van der Waals surface area contributed by atoms with Crippen molar-refractivity contribution < 1.29 is 12.8 Å². The molecule has 0 unspecified atom stereocenters. The van der Waals surface area contributed by atoms with Crippen LogP contribution in [0.5, 0.6) is 0 Å². The molecule has 0 atom stereocenters. The van der Waals surface area contributed by atoms with Crippen molar-refractivity contribution in [3.05, 3.63) is 69.8 Å². The van der Waals surface area contributed by atoms with Crippen LogP contribution in [0.4, 0.5) is 10.1 Å². The molecule has 0 amide bonds. The van der Waals surface area contributed by atoms with E-state index in [9.17, 15) is 12.8 Å². The van der Waals surface area contributed by atoms with Crippen LogP contribution in [0, 0.1) is 17.1 Å². The van der Waals surface area contributed by atoms with Crippen LogP contribution in [0.2, 0.25) is 5.02 Å². The van der Waals surface area contributed by atoms with Crippen LogP contribution >= 0.6 is 11.6 Å². The predicted octanol–water partition coefficient (Wildman–Crippen LogP) is 3.79. The van der Waals surface area contributed by atoms with Crippen molar-refractivity contribution >= 4 is 33.4 Å². The molecule has 22 heavy (non-hydrogen) atoms. The summed E-state index contributed by atoms with van der Waals surface area (Å²) >= 11 is 5.75. The molecule has 0 spiro atoms. The lowest BCUT2D eigenvalue weighted by molar-refractivity contribution is 0.608. The van der Waals surface area contributed by atoms with Gasteiger partial charge in [0, 0.05) is 10.7 Å². The maximum atomic E-state index is 12.8. The summed E-state index contributed by atoms with van der Waals surface area (Å²) in [6, 6.07) is 12.8. The summed E-state index contributed by atoms with van der Waals surface area (Å²) in [5.74, 6) is -0.486. The van der Waals surface area contributed by atoms with Crippen molar-refractivity contribution in [2.75, 3.05) is 4.72 Å². The van der Waals surface area contributed by atoms with Gasteiger partial charge in [0.1, 0.15) is 11.9 Å². The van der Waals surface area contributed by atoms with E-state index in [1.807, 2.05) is 0 Å². The molecule has 0 saturated carbocycles. The van der Waals surface area contributed by atoms with Gasteiger partial charge >= 0.3 is 0 Å². The minimum absolute atomic E-state index is 0.165. The second-order valence-electron chi connectivity index (χ2n) is 4.28. The van der Waals surface area contributed by atoms with Crippen LogP contribution < -0.4 is 4.72 Å². The Hall–Kier alpha value is -2.36. The van der Waals surface area contributed by atoms with Crippen molar-refractivity contribution in [1.29, 1.82) is 5.26 Å². The molecule has 0 fully saturated rings. The van der Waals surface area contributed by atoms with Crippen LogP contribution in [0.3, 0.4) is 0 Å². The van der Waals surface area contributed by atoms with Crippen LogP contribution in [0.15, 0.2) is 53.4 Å². The van der Waals surface area contributed by atoms with Crippen molar-refractivity contribution in [2.24, 2.45) is 0 Å². The Morgan fingerprint density at radius 2 is 1.73 bits per heavy atom. The Balaban J connectivity index is 2.31. The van der Waals surface area contributed by atoms with Gasteiger partial charge < -0.3 is 0 Å². The maximum absolute atomic E-state index is 12.8. The highest BCUT2D eigenvalue weighted by atomic mass is 35.5. The smallest absolute Gasteiger partial charge is 0.272 e. The van der Waals surface area contributed by atoms with Gasteiger partial charge in [-0.25, -0.2) is 12.8 Å². The highest BCUT2D eigenvalue weighted by Crippen LogP contribution is 2.18. The summed E-state index contributed by atoms with van der Waals surface area (Å²) in [5.41, 5.74) is 0.684. The Bertz CT molecular complexity index is 839. The fourth-order valence-electron chi connectivity index (χ4n) is 1.61. The quantitative estimate of drug-likeness (QED) is 0.864. The molecule has 7 heteroatoms. The number of rotatable bonds is 4. The SMILES string of the molecule is N#C/C(=C/c1ccc(Cl)cc1)S(=O)(=O)Nc1ccc(F)cc1. The second-order valence-corrected chi connectivity index (χ2v) is 6.37. The number of anilines is 1. The summed E-state index contributed by atoms with van der Waals surface area (Å²) in [7, 11) is -4.05. The maximum Gasteiger partial charge on any atom is 0.272 e. The topological polar surface area (TPSA) is 70.0 Å². The number of allylic oxidation sites excluding steroid dienone is 1. The third-order valence-corrected chi connectivity index (χ3v) is 4.21. The van der Waals surface area contributed by atoms with E-state index in [1.54, 1.807) is 30.3 Å². The van der Waals surface area contributed by atoms with Crippen LogP contribution in [-0.4, -0.2) is 8.42 Å². The van der Waals surface area contributed by atoms with E-state index in [0.717, 1.165) is 12.1 Å². The number of benzene rings is 2. The van der Waals surface area contributed by atoms with Gasteiger partial charge in [-0.3, -0.25) is 4.72 Å². The predicted molar refractivity (Wildman–Crippen MR) is 84.0 cm³/mol. The van der Waals surface area contributed by atoms with Crippen molar-refractivity contribution in [1.82, 2.24) is 0 Å². The van der Waals surface area contributed by atoms with Crippen LogP contribution in [-0.2, 0) is 10.0 Å². The van der Waals surface area contributed by atoms with Crippen molar-refractivity contribution in [3.8, 4) is 6.07 Å². The Labute approximate surface area is 132 Å². The molecule has 2 rings (SSSR count). The van der Waals surface area contributed by atoms with E-state index in [-0.39, 0.29) is 5.69 Å². The summed E-state index contributed by atoms with van der Waals surface area (Å²) in [5, 5.41) is 9.58. The standard InChI is InChI=1S/C15H10ClFN2O2S/c16-12-3-1-11(2-4-12)9-15(10-18)22(20,21)19-14-7-5-13(17)6-8-14/h1-9,19H/b15-9-. The monoisotopic (exact) mass is 336 g/mol. The largest absolute Gasteiger partial charge is 0.279 e. The Morgan fingerprint density at radius 3 is 2.27 bits per heavy atom. The van der Waals surface area contributed by atoms with E-state index < -0.39 is 20.7 Å². The molecule has 0 aliphatic heterocycles. The third-order valence-electron chi connectivity index (χ3n) is 2.66. The summed E-state index contributed by atoms with van der Waals surface area (Å²) < 4.78 is 39.4. The van der Waals surface area contributed by atoms with Crippen molar-refractivity contribution in [3.63, 3.8) is 0 Å². The fraction of sp³-hybridized carbons (Fsp3) is 0. The zero-order valence-electron chi connectivity index (χ0n) is 11.1. The van der Waals surface area contributed by atoms with Gasteiger partial charge in [-0.2, -0.15) is 5.26 Å². The Kier molecular flexibility index (Phi) is 4.81. The highest BCUT2D eigenvalue weighted by molar-refractivity contribution is 7.96. The van der Waals surface area contributed by atoms with E-state index in [4.69, 9.17) is 16.9 Å². The fourth-order valence-corrected chi connectivity index (χ4v) is 2.70. The lowest BCUT2D eigenvalue weighted by atomic mass is 10.2. The zero-order valence-corrected chi connectivity index (χ0v) is 12.7. The van der Waals surface area contributed by atoms with Crippen LogP contribution in [0.1, 0.15) is 5.56 Å². The molecule has 0 heterocycles. The second kappa shape index (κ2) is 6.60. The minimum Gasteiger partial charge on any atom is -0.279 e. The van der Waals surface area contributed by atoms with E-state index in [1.165, 1.54) is 18.2 Å². The molecule has 0 saturated heterocycles. The first kappa shape index (κ1) is 16.0. The molecule has 2 aromatic rings. The molecule has 4 nitrogen and oxygen atoms in total. The van der Waals surface area contributed by atoms with Gasteiger partial charge in [0.25, 0.3) is 10.0 Å². The number of hydrogen-bond acceptors (Lipinski definition) is 3. The minimum atomic E-state index is -4.05. The number of nitriles is 1. The zero-order chi connectivity index (χ0) is 16.2. The Morgan fingerprint density at radius 1 is 1.14 bits per heavy atom. The van der Waals surface area contributed by atoms with Gasteiger partial charge in [0.15, 0.2) is 4.91 Å². The molecule has 0 aromatic heterocycles. The average molecular weight is 337 g/mol. The first-order valence-corrected chi connectivity index (χ1v) is 7.92. The van der Waals surface area contributed by atoms with Crippen molar-refractivity contribution in [2.45, 2.75) is 0 Å². The number of sulfonamides is 1. The third kappa shape index (κ3) is 4.07. The molecule has 0 bridgehead atoms. The van der Waals surface area contributed by atoms with Gasteiger partial charge in [0.05, 0.1) is 0 Å². The van der Waals surface area contributed by atoms with Gasteiger partial charge in [-0.05, 0) is 48.0 Å². The molecule has 0 radical (unpaired) electrons. The first-order valence-electron chi connectivity index (χ1n) is 6.06. The molecule has 0 aliphatic rings.